The molecule has 4 aromatic rings. The van der Waals surface area contributed by atoms with Gasteiger partial charge in [-0.05, 0) is 55.3 Å². The molecule has 0 spiro atoms. The van der Waals surface area contributed by atoms with Gasteiger partial charge >= 0.3 is 0 Å². The normalized spacial score (nSPS) is 16.1. The van der Waals surface area contributed by atoms with Crippen LogP contribution in [0.3, 0.4) is 0 Å². The maximum absolute atomic E-state index is 13.0. The molecule has 1 fully saturated rings. The number of para-hydroxylation sites is 3. The van der Waals surface area contributed by atoms with Gasteiger partial charge in [0.15, 0.2) is 0 Å². The predicted molar refractivity (Wildman–Crippen MR) is 127 cm³/mol. The average molecular weight is 426 g/mol. The Morgan fingerprint density at radius 2 is 1.78 bits per heavy atom. The Kier molecular flexibility index (Phi) is 5.39. The van der Waals surface area contributed by atoms with Crippen LogP contribution >= 0.6 is 0 Å². The molecule has 0 saturated carbocycles. The van der Waals surface area contributed by atoms with Crippen LogP contribution in [0.25, 0.3) is 11.0 Å². The van der Waals surface area contributed by atoms with Crippen LogP contribution in [0, 0.1) is 13.8 Å². The van der Waals surface area contributed by atoms with Crippen molar-refractivity contribution in [3.63, 3.8) is 0 Å². The van der Waals surface area contributed by atoms with Gasteiger partial charge in [0.1, 0.15) is 18.2 Å². The molecule has 0 radical (unpaired) electrons. The second-order valence-electron chi connectivity index (χ2n) is 8.47. The molecule has 32 heavy (non-hydrogen) atoms. The number of ether oxygens (including phenoxy) is 1. The lowest BCUT2D eigenvalue weighted by Gasteiger charge is -2.20. The topological polar surface area (TPSA) is 47.4 Å². The van der Waals surface area contributed by atoms with Crippen molar-refractivity contribution < 1.29 is 9.53 Å². The van der Waals surface area contributed by atoms with E-state index >= 15 is 0 Å². The Balaban J connectivity index is 1.43. The number of rotatable bonds is 6. The zero-order valence-corrected chi connectivity index (χ0v) is 18.5. The number of aryl methyl sites for hydroxylation is 2. The van der Waals surface area contributed by atoms with Crippen molar-refractivity contribution >= 4 is 22.6 Å². The van der Waals surface area contributed by atoms with Crippen LogP contribution in [0.1, 0.15) is 29.3 Å². The summed E-state index contributed by atoms with van der Waals surface area (Å²) in [7, 11) is 0. The van der Waals surface area contributed by atoms with Crippen molar-refractivity contribution in [3.05, 3.63) is 89.7 Å². The van der Waals surface area contributed by atoms with E-state index < -0.39 is 0 Å². The molecule has 1 atom stereocenters. The molecule has 1 aromatic heterocycles. The number of anilines is 1. The number of hydrogen-bond acceptors (Lipinski definition) is 3. The van der Waals surface area contributed by atoms with Gasteiger partial charge < -0.3 is 14.2 Å². The van der Waals surface area contributed by atoms with Gasteiger partial charge in [-0.25, -0.2) is 4.98 Å². The number of carbonyl (C=O) groups is 1. The van der Waals surface area contributed by atoms with E-state index in [4.69, 9.17) is 9.72 Å². The summed E-state index contributed by atoms with van der Waals surface area (Å²) in [4.78, 5) is 19.9. The lowest BCUT2D eigenvalue weighted by molar-refractivity contribution is -0.117. The number of carbonyl (C=O) groups excluding carboxylic acids is 1. The summed E-state index contributed by atoms with van der Waals surface area (Å²) in [5.74, 6) is 2.02. The van der Waals surface area contributed by atoms with Crippen molar-refractivity contribution in [2.24, 2.45) is 0 Å². The molecule has 1 aliphatic rings. The molecule has 0 aliphatic carbocycles. The summed E-state index contributed by atoms with van der Waals surface area (Å²) in [6.45, 7) is 5.99. The third-order valence-corrected chi connectivity index (χ3v) is 6.16. The molecule has 1 aliphatic heterocycles. The van der Waals surface area contributed by atoms with Gasteiger partial charge in [0.2, 0.25) is 5.91 Å². The third kappa shape index (κ3) is 3.86. The van der Waals surface area contributed by atoms with Gasteiger partial charge in [0.05, 0.1) is 17.6 Å². The average Bonchev–Trinajstić information content (AvgIpc) is 3.37. The minimum atomic E-state index is 0.0477. The Morgan fingerprint density at radius 3 is 2.62 bits per heavy atom. The van der Waals surface area contributed by atoms with Crippen LogP contribution in [-0.2, 0) is 11.3 Å². The summed E-state index contributed by atoms with van der Waals surface area (Å²) >= 11 is 0. The molecule has 0 N–H and O–H groups in total. The van der Waals surface area contributed by atoms with Crippen LogP contribution in [0.15, 0.2) is 72.8 Å². The Bertz CT molecular complexity index is 1260. The molecule has 0 bridgehead atoms. The number of benzene rings is 3. The van der Waals surface area contributed by atoms with Gasteiger partial charge in [0.25, 0.3) is 0 Å². The van der Waals surface area contributed by atoms with Crippen LogP contribution < -0.4 is 9.64 Å². The van der Waals surface area contributed by atoms with E-state index in [0.29, 0.717) is 26.1 Å². The number of amides is 1. The predicted octanol–water partition coefficient (Wildman–Crippen LogP) is 5.25. The number of imidazole rings is 1. The first-order valence-corrected chi connectivity index (χ1v) is 11.1. The minimum Gasteiger partial charge on any atom is -0.492 e. The fraction of sp³-hybridized carbons (Fsp3) is 0.259. The van der Waals surface area contributed by atoms with Gasteiger partial charge in [0, 0.05) is 24.6 Å². The zero-order valence-electron chi connectivity index (χ0n) is 18.5. The summed E-state index contributed by atoms with van der Waals surface area (Å²) in [6.07, 6.45) is 0.468. The van der Waals surface area contributed by atoms with Crippen molar-refractivity contribution in [2.45, 2.75) is 32.7 Å². The molecule has 2 heterocycles. The van der Waals surface area contributed by atoms with Crippen LogP contribution in [0.2, 0.25) is 0 Å². The van der Waals surface area contributed by atoms with Gasteiger partial charge in [-0.1, -0.05) is 42.5 Å². The number of hydrogen-bond donors (Lipinski definition) is 0. The number of fused-ring (bicyclic) bond motifs is 1. The van der Waals surface area contributed by atoms with E-state index in [1.165, 1.54) is 0 Å². The first-order chi connectivity index (χ1) is 15.6. The molecule has 0 unspecified atom stereocenters. The highest BCUT2D eigenvalue weighted by molar-refractivity contribution is 5.97. The molecule has 162 valence electrons. The highest BCUT2D eigenvalue weighted by Gasteiger charge is 2.35. The van der Waals surface area contributed by atoms with Gasteiger partial charge in [-0.15, -0.1) is 0 Å². The maximum Gasteiger partial charge on any atom is 0.227 e. The van der Waals surface area contributed by atoms with Gasteiger partial charge in [-0.3, -0.25) is 4.79 Å². The molecular formula is C27H27N3O2. The van der Waals surface area contributed by atoms with Crippen LogP contribution in [-0.4, -0.2) is 28.6 Å². The SMILES string of the molecule is Cc1ccc(C)c(N2C[C@H](c3nc4ccccc4n3CCOc3ccccc3)CC2=O)c1. The smallest absolute Gasteiger partial charge is 0.227 e. The fourth-order valence-electron chi connectivity index (χ4n) is 4.54. The highest BCUT2D eigenvalue weighted by atomic mass is 16.5. The summed E-state index contributed by atoms with van der Waals surface area (Å²) < 4.78 is 8.19. The maximum atomic E-state index is 13.0. The van der Waals surface area contributed by atoms with Crippen LogP contribution in [0.5, 0.6) is 5.75 Å². The van der Waals surface area contributed by atoms with Crippen LogP contribution in [0.4, 0.5) is 5.69 Å². The van der Waals surface area contributed by atoms with E-state index in [-0.39, 0.29) is 11.8 Å². The van der Waals surface area contributed by atoms with E-state index in [1.807, 2.05) is 53.4 Å². The second-order valence-corrected chi connectivity index (χ2v) is 8.47. The molecule has 5 heteroatoms. The third-order valence-electron chi connectivity index (χ3n) is 6.16. The summed E-state index contributed by atoms with van der Waals surface area (Å²) in [5.41, 5.74) is 5.32. The highest BCUT2D eigenvalue weighted by Crippen LogP contribution is 2.34. The Labute approximate surface area is 188 Å². The van der Waals surface area contributed by atoms with Gasteiger partial charge in [-0.2, -0.15) is 0 Å². The summed E-state index contributed by atoms with van der Waals surface area (Å²) in [5, 5.41) is 0. The molecule has 1 amide bonds. The van der Waals surface area contributed by atoms with Crippen molar-refractivity contribution in [1.29, 1.82) is 0 Å². The quantitative estimate of drug-likeness (QED) is 0.424. The number of nitrogens with zero attached hydrogens (tertiary/aromatic N) is 3. The van der Waals surface area contributed by atoms with Crippen molar-refractivity contribution in [2.75, 3.05) is 18.1 Å². The van der Waals surface area contributed by atoms with Crippen molar-refractivity contribution in [3.8, 4) is 5.75 Å². The molecular weight excluding hydrogens is 398 g/mol. The first-order valence-electron chi connectivity index (χ1n) is 11.1. The Hall–Kier alpha value is -3.60. The summed E-state index contributed by atoms with van der Waals surface area (Å²) in [6, 6.07) is 24.3. The molecule has 5 nitrogen and oxygen atoms in total. The number of aromatic nitrogens is 2. The van der Waals surface area contributed by atoms with E-state index in [0.717, 1.165) is 39.4 Å². The van der Waals surface area contributed by atoms with Crippen molar-refractivity contribution in [1.82, 2.24) is 9.55 Å². The fourth-order valence-corrected chi connectivity index (χ4v) is 4.54. The van der Waals surface area contributed by atoms with E-state index in [9.17, 15) is 4.79 Å². The van der Waals surface area contributed by atoms with E-state index in [1.54, 1.807) is 0 Å². The standard InChI is InChI=1S/C27H27N3O2/c1-19-12-13-20(2)25(16-19)30-18-21(17-26(30)31)27-28-23-10-6-7-11-24(23)29(27)14-15-32-22-8-4-3-5-9-22/h3-13,16,21H,14-15,17-18H2,1-2H3/t21-/m1/s1. The molecule has 3 aromatic carbocycles. The lowest BCUT2D eigenvalue weighted by Crippen LogP contribution is -2.25. The minimum absolute atomic E-state index is 0.0477. The Morgan fingerprint density at radius 1 is 1.00 bits per heavy atom. The zero-order chi connectivity index (χ0) is 22.1. The van der Waals surface area contributed by atoms with E-state index in [2.05, 4.69) is 42.7 Å². The first kappa shape index (κ1) is 20.3. The molecule has 5 rings (SSSR count). The second kappa shape index (κ2) is 8.50. The monoisotopic (exact) mass is 425 g/mol. The lowest BCUT2D eigenvalue weighted by atomic mass is 10.1. The largest absolute Gasteiger partial charge is 0.492 e. The molecule has 1 saturated heterocycles.